The summed E-state index contributed by atoms with van der Waals surface area (Å²) in [5.41, 5.74) is 6.96. The molecule has 2 N–H and O–H groups in total. The van der Waals surface area contributed by atoms with Gasteiger partial charge in [-0.05, 0) is 30.3 Å². The van der Waals surface area contributed by atoms with Crippen molar-refractivity contribution in [1.29, 1.82) is 0 Å². The summed E-state index contributed by atoms with van der Waals surface area (Å²) in [5.74, 6) is -0.417. The third-order valence-corrected chi connectivity index (χ3v) is 3.12. The van der Waals surface area contributed by atoms with E-state index in [1.54, 1.807) is 6.07 Å². The number of hydrogen-bond acceptors (Lipinski definition) is 3. The van der Waals surface area contributed by atoms with Gasteiger partial charge in [-0.2, -0.15) is 0 Å². The summed E-state index contributed by atoms with van der Waals surface area (Å²) in [4.78, 5) is 1.94. The molecule has 2 aromatic carbocycles. The molecule has 0 aliphatic rings. The molecule has 0 aliphatic carbocycles. The van der Waals surface area contributed by atoms with Gasteiger partial charge in [0.1, 0.15) is 24.0 Å². The highest BCUT2D eigenvalue weighted by atomic mass is 19.1. The fourth-order valence-corrected chi connectivity index (χ4v) is 1.93. The molecule has 0 saturated heterocycles. The lowest BCUT2D eigenvalue weighted by atomic mass is 10.1. The first-order chi connectivity index (χ1) is 9.97. The zero-order valence-corrected chi connectivity index (χ0v) is 12.0. The van der Waals surface area contributed by atoms with Crippen LogP contribution in [0.1, 0.15) is 11.6 Å². The van der Waals surface area contributed by atoms with Crippen LogP contribution in [0.4, 0.5) is 14.5 Å². The molecule has 0 heterocycles. The van der Waals surface area contributed by atoms with Gasteiger partial charge in [0.2, 0.25) is 0 Å². The van der Waals surface area contributed by atoms with Gasteiger partial charge in [-0.15, -0.1) is 0 Å². The summed E-state index contributed by atoms with van der Waals surface area (Å²) in [7, 11) is 3.85. The molecular formula is C16H18F2N2O. The monoisotopic (exact) mass is 292 g/mol. The molecule has 1 unspecified atom stereocenters. The van der Waals surface area contributed by atoms with Crippen LogP contribution in [0, 0.1) is 11.6 Å². The number of ether oxygens (including phenoxy) is 1. The molecule has 0 bridgehead atoms. The van der Waals surface area contributed by atoms with Crippen molar-refractivity contribution >= 4 is 5.69 Å². The highest BCUT2D eigenvalue weighted by molar-refractivity contribution is 5.49. The van der Waals surface area contributed by atoms with E-state index in [0.717, 1.165) is 23.9 Å². The molecule has 0 spiro atoms. The predicted molar refractivity (Wildman–Crippen MR) is 79.6 cm³/mol. The van der Waals surface area contributed by atoms with Crippen molar-refractivity contribution in [2.45, 2.75) is 6.04 Å². The zero-order valence-electron chi connectivity index (χ0n) is 12.0. The molecule has 1 atom stereocenters. The molecule has 0 aliphatic heterocycles. The van der Waals surface area contributed by atoms with Crippen molar-refractivity contribution in [2.24, 2.45) is 5.73 Å². The minimum Gasteiger partial charge on any atom is -0.492 e. The molecule has 5 heteroatoms. The van der Waals surface area contributed by atoms with Gasteiger partial charge in [-0.1, -0.05) is 6.07 Å². The van der Waals surface area contributed by atoms with Crippen molar-refractivity contribution in [3.63, 3.8) is 0 Å². The van der Waals surface area contributed by atoms with Crippen LogP contribution in [0.15, 0.2) is 42.5 Å². The minimum absolute atomic E-state index is 0.0667. The number of benzene rings is 2. The third-order valence-electron chi connectivity index (χ3n) is 3.12. The lowest BCUT2D eigenvalue weighted by Gasteiger charge is -2.17. The van der Waals surface area contributed by atoms with E-state index in [1.807, 2.05) is 37.2 Å². The predicted octanol–water partition coefficient (Wildman–Crippen LogP) is 3.11. The van der Waals surface area contributed by atoms with Crippen LogP contribution in [0.25, 0.3) is 0 Å². The summed E-state index contributed by atoms with van der Waals surface area (Å²) >= 11 is 0. The topological polar surface area (TPSA) is 38.5 Å². The second kappa shape index (κ2) is 6.54. The van der Waals surface area contributed by atoms with Gasteiger partial charge in [0.15, 0.2) is 0 Å². The van der Waals surface area contributed by atoms with E-state index in [1.165, 1.54) is 0 Å². The maximum Gasteiger partial charge on any atom is 0.128 e. The standard InChI is InChI=1S/C16H18F2N2O/c1-20(2)12-4-3-5-13(9-12)21-10-16(19)14-8-11(17)6-7-15(14)18/h3-9,16H,10,19H2,1-2H3. The number of halogens is 2. The van der Waals surface area contributed by atoms with Crippen molar-refractivity contribution < 1.29 is 13.5 Å². The summed E-state index contributed by atoms with van der Waals surface area (Å²) in [6.45, 7) is 0.0667. The van der Waals surface area contributed by atoms with Crippen LogP contribution < -0.4 is 15.4 Å². The maximum atomic E-state index is 13.6. The fraction of sp³-hybridized carbons (Fsp3) is 0.250. The van der Waals surface area contributed by atoms with E-state index in [2.05, 4.69) is 0 Å². The number of anilines is 1. The maximum absolute atomic E-state index is 13.6. The third kappa shape index (κ3) is 3.92. The van der Waals surface area contributed by atoms with Crippen LogP contribution in [-0.2, 0) is 0 Å². The largest absolute Gasteiger partial charge is 0.492 e. The SMILES string of the molecule is CN(C)c1cccc(OCC(N)c2cc(F)ccc2F)c1. The Bertz CT molecular complexity index is 617. The summed E-state index contributed by atoms with van der Waals surface area (Å²) < 4.78 is 32.3. The van der Waals surface area contributed by atoms with Gasteiger partial charge in [0, 0.05) is 31.4 Å². The second-order valence-corrected chi connectivity index (χ2v) is 4.98. The van der Waals surface area contributed by atoms with E-state index in [-0.39, 0.29) is 12.2 Å². The van der Waals surface area contributed by atoms with E-state index >= 15 is 0 Å². The quantitative estimate of drug-likeness (QED) is 0.920. The Morgan fingerprint density at radius 3 is 2.62 bits per heavy atom. The van der Waals surface area contributed by atoms with E-state index in [0.29, 0.717) is 5.75 Å². The zero-order chi connectivity index (χ0) is 15.4. The molecule has 112 valence electrons. The van der Waals surface area contributed by atoms with Crippen LogP contribution in [0.2, 0.25) is 0 Å². The van der Waals surface area contributed by atoms with Crippen LogP contribution in [-0.4, -0.2) is 20.7 Å². The Balaban J connectivity index is 2.05. The van der Waals surface area contributed by atoms with Gasteiger partial charge < -0.3 is 15.4 Å². The van der Waals surface area contributed by atoms with Crippen molar-refractivity contribution in [3.05, 3.63) is 59.7 Å². The summed E-state index contributed by atoms with van der Waals surface area (Å²) in [6.07, 6.45) is 0. The molecule has 0 amide bonds. The molecule has 0 fully saturated rings. The second-order valence-electron chi connectivity index (χ2n) is 4.98. The average molecular weight is 292 g/mol. The van der Waals surface area contributed by atoms with Gasteiger partial charge in [-0.25, -0.2) is 8.78 Å². The molecule has 3 nitrogen and oxygen atoms in total. The first kappa shape index (κ1) is 15.3. The molecular weight excluding hydrogens is 274 g/mol. The minimum atomic E-state index is -0.733. The molecule has 0 radical (unpaired) electrons. The van der Waals surface area contributed by atoms with E-state index in [4.69, 9.17) is 10.5 Å². The van der Waals surface area contributed by atoms with Crippen molar-refractivity contribution in [3.8, 4) is 5.75 Å². The van der Waals surface area contributed by atoms with Gasteiger partial charge in [0.05, 0.1) is 6.04 Å². The van der Waals surface area contributed by atoms with Gasteiger partial charge in [0.25, 0.3) is 0 Å². The lowest BCUT2D eigenvalue weighted by molar-refractivity contribution is 0.287. The summed E-state index contributed by atoms with van der Waals surface area (Å²) in [5, 5.41) is 0. The fourth-order valence-electron chi connectivity index (χ4n) is 1.93. The number of nitrogens with two attached hydrogens (primary N) is 1. The smallest absolute Gasteiger partial charge is 0.128 e. The Labute approximate surface area is 122 Å². The van der Waals surface area contributed by atoms with Crippen molar-refractivity contribution in [1.82, 2.24) is 0 Å². The summed E-state index contributed by atoms with van der Waals surface area (Å²) in [6, 6.07) is 9.95. The Hall–Kier alpha value is -2.14. The Kier molecular flexibility index (Phi) is 4.75. The molecule has 2 aromatic rings. The van der Waals surface area contributed by atoms with Crippen LogP contribution in [0.5, 0.6) is 5.75 Å². The first-order valence-electron chi connectivity index (χ1n) is 6.58. The van der Waals surface area contributed by atoms with Gasteiger partial charge >= 0.3 is 0 Å². The lowest BCUT2D eigenvalue weighted by Crippen LogP contribution is -2.20. The Morgan fingerprint density at radius 1 is 1.14 bits per heavy atom. The molecule has 21 heavy (non-hydrogen) atoms. The molecule has 0 saturated carbocycles. The first-order valence-corrected chi connectivity index (χ1v) is 6.58. The van der Waals surface area contributed by atoms with Crippen LogP contribution in [0.3, 0.4) is 0 Å². The normalized spacial score (nSPS) is 12.0. The molecule has 2 rings (SSSR count). The highest BCUT2D eigenvalue weighted by Crippen LogP contribution is 2.22. The number of hydrogen-bond donors (Lipinski definition) is 1. The molecule has 0 aromatic heterocycles. The van der Waals surface area contributed by atoms with Crippen molar-refractivity contribution in [2.75, 3.05) is 25.6 Å². The number of nitrogens with zero attached hydrogens (tertiary/aromatic N) is 1. The van der Waals surface area contributed by atoms with Crippen LogP contribution >= 0.6 is 0 Å². The highest BCUT2D eigenvalue weighted by Gasteiger charge is 2.13. The van der Waals surface area contributed by atoms with E-state index in [9.17, 15) is 8.78 Å². The Morgan fingerprint density at radius 2 is 1.90 bits per heavy atom. The van der Waals surface area contributed by atoms with E-state index < -0.39 is 17.7 Å². The average Bonchev–Trinajstić information content (AvgIpc) is 2.47. The number of rotatable bonds is 5. The van der Waals surface area contributed by atoms with Gasteiger partial charge in [-0.3, -0.25) is 0 Å².